The average molecular weight is 298 g/mol. The summed E-state index contributed by atoms with van der Waals surface area (Å²) in [6.07, 6.45) is 3.29. The second-order valence-corrected chi connectivity index (χ2v) is 6.97. The van der Waals surface area contributed by atoms with Gasteiger partial charge in [-0.3, -0.25) is 4.68 Å². The third kappa shape index (κ3) is 6.31. The van der Waals surface area contributed by atoms with E-state index in [1.165, 1.54) is 29.3 Å². The molecule has 0 radical (unpaired) electrons. The summed E-state index contributed by atoms with van der Waals surface area (Å²) >= 11 is 2.07. The standard InChI is InChI=1S/C16H31N3S/c1-6-8-17-15(12-20-11-13(3)4)10-16-9-14(7-2)18-19(16)5/h9,13,15,17H,6-8,10-12H2,1-5H3. The summed E-state index contributed by atoms with van der Waals surface area (Å²) in [5, 5.41) is 8.24. The molecule has 3 nitrogen and oxygen atoms in total. The molecule has 20 heavy (non-hydrogen) atoms. The van der Waals surface area contributed by atoms with Crippen molar-refractivity contribution in [3.8, 4) is 0 Å². The molecule has 1 rings (SSSR count). The Labute approximate surface area is 128 Å². The zero-order valence-electron chi connectivity index (χ0n) is 13.8. The summed E-state index contributed by atoms with van der Waals surface area (Å²) in [5.41, 5.74) is 2.55. The third-order valence-corrected chi connectivity index (χ3v) is 4.84. The molecule has 0 saturated heterocycles. The lowest BCUT2D eigenvalue weighted by molar-refractivity contribution is 0.531. The number of thioether (sulfide) groups is 1. The molecule has 1 heterocycles. The van der Waals surface area contributed by atoms with Crippen molar-refractivity contribution in [3.63, 3.8) is 0 Å². The zero-order chi connectivity index (χ0) is 15.0. The van der Waals surface area contributed by atoms with E-state index < -0.39 is 0 Å². The molecule has 4 heteroatoms. The lowest BCUT2D eigenvalue weighted by Gasteiger charge is -2.18. The van der Waals surface area contributed by atoms with E-state index in [-0.39, 0.29) is 0 Å². The molecule has 0 aromatic carbocycles. The van der Waals surface area contributed by atoms with Crippen LogP contribution in [0.3, 0.4) is 0 Å². The fourth-order valence-corrected chi connectivity index (χ4v) is 3.30. The Morgan fingerprint density at radius 1 is 1.30 bits per heavy atom. The van der Waals surface area contributed by atoms with Gasteiger partial charge in [0.2, 0.25) is 0 Å². The molecule has 0 fully saturated rings. The molecule has 1 unspecified atom stereocenters. The minimum Gasteiger partial charge on any atom is -0.313 e. The van der Waals surface area contributed by atoms with Gasteiger partial charge in [-0.1, -0.05) is 27.7 Å². The Bertz CT molecular complexity index is 374. The normalized spacial score (nSPS) is 13.1. The molecule has 0 aliphatic carbocycles. The van der Waals surface area contributed by atoms with Gasteiger partial charge in [-0.05, 0) is 37.1 Å². The maximum absolute atomic E-state index is 4.55. The van der Waals surface area contributed by atoms with E-state index in [1.807, 2.05) is 4.68 Å². The van der Waals surface area contributed by atoms with E-state index in [4.69, 9.17) is 0 Å². The first-order chi connectivity index (χ1) is 9.56. The van der Waals surface area contributed by atoms with Crippen LogP contribution in [-0.4, -0.2) is 33.9 Å². The molecule has 0 saturated carbocycles. The summed E-state index contributed by atoms with van der Waals surface area (Å²) in [7, 11) is 2.06. The van der Waals surface area contributed by atoms with Crippen molar-refractivity contribution in [1.29, 1.82) is 0 Å². The van der Waals surface area contributed by atoms with Crippen LogP contribution in [0, 0.1) is 5.92 Å². The molecule has 0 amide bonds. The van der Waals surface area contributed by atoms with Crippen LogP contribution in [0.15, 0.2) is 6.07 Å². The van der Waals surface area contributed by atoms with Gasteiger partial charge < -0.3 is 5.32 Å². The van der Waals surface area contributed by atoms with Crippen molar-refractivity contribution in [3.05, 3.63) is 17.5 Å². The van der Waals surface area contributed by atoms with Crippen molar-refractivity contribution in [2.75, 3.05) is 18.1 Å². The maximum Gasteiger partial charge on any atom is 0.0624 e. The summed E-state index contributed by atoms with van der Waals surface area (Å²) < 4.78 is 2.05. The van der Waals surface area contributed by atoms with E-state index in [0.717, 1.165) is 25.3 Å². The predicted octanol–water partition coefficient (Wildman–Crippen LogP) is 3.28. The second-order valence-electron chi connectivity index (χ2n) is 5.89. The second kappa shape index (κ2) is 9.46. The van der Waals surface area contributed by atoms with Gasteiger partial charge in [-0.25, -0.2) is 0 Å². The summed E-state index contributed by atoms with van der Waals surface area (Å²) in [5.74, 6) is 3.20. The van der Waals surface area contributed by atoms with Crippen molar-refractivity contribution in [2.45, 2.75) is 53.0 Å². The predicted molar refractivity (Wildman–Crippen MR) is 90.5 cm³/mol. The maximum atomic E-state index is 4.55. The van der Waals surface area contributed by atoms with Crippen molar-refractivity contribution < 1.29 is 0 Å². The Kier molecular flexibility index (Phi) is 8.31. The molecule has 1 atom stereocenters. The fraction of sp³-hybridized carbons (Fsp3) is 0.812. The summed E-state index contributed by atoms with van der Waals surface area (Å²) in [6, 6.07) is 2.81. The highest BCUT2D eigenvalue weighted by Crippen LogP contribution is 2.13. The largest absolute Gasteiger partial charge is 0.313 e. The molecule has 0 aliphatic rings. The van der Waals surface area contributed by atoms with Crippen LogP contribution in [0.4, 0.5) is 0 Å². The van der Waals surface area contributed by atoms with Gasteiger partial charge in [0.25, 0.3) is 0 Å². The number of nitrogens with one attached hydrogen (secondary N) is 1. The molecule has 0 bridgehead atoms. The molecule has 0 aliphatic heterocycles. The smallest absolute Gasteiger partial charge is 0.0624 e. The zero-order valence-corrected chi connectivity index (χ0v) is 14.6. The van der Waals surface area contributed by atoms with E-state index >= 15 is 0 Å². The Hall–Kier alpha value is -0.480. The average Bonchev–Trinajstić information content (AvgIpc) is 2.76. The lowest BCUT2D eigenvalue weighted by atomic mass is 10.1. The highest BCUT2D eigenvalue weighted by molar-refractivity contribution is 7.99. The van der Waals surface area contributed by atoms with E-state index in [2.05, 4.69) is 63.0 Å². The van der Waals surface area contributed by atoms with Crippen molar-refractivity contribution >= 4 is 11.8 Å². The van der Waals surface area contributed by atoms with Gasteiger partial charge in [0.1, 0.15) is 0 Å². The Morgan fingerprint density at radius 2 is 2.05 bits per heavy atom. The number of aryl methyl sites for hydroxylation is 2. The number of rotatable bonds is 10. The van der Waals surface area contributed by atoms with Crippen LogP contribution in [0.1, 0.15) is 45.5 Å². The molecule has 116 valence electrons. The van der Waals surface area contributed by atoms with Crippen molar-refractivity contribution in [1.82, 2.24) is 15.1 Å². The minimum atomic E-state index is 0.554. The van der Waals surface area contributed by atoms with Gasteiger partial charge >= 0.3 is 0 Å². The topological polar surface area (TPSA) is 29.9 Å². The number of aromatic nitrogens is 2. The highest BCUT2D eigenvalue weighted by atomic mass is 32.2. The van der Waals surface area contributed by atoms with Crippen molar-refractivity contribution in [2.24, 2.45) is 13.0 Å². The van der Waals surface area contributed by atoms with Crippen LogP contribution in [0.2, 0.25) is 0 Å². The monoisotopic (exact) mass is 297 g/mol. The molecular weight excluding hydrogens is 266 g/mol. The molecule has 1 aromatic rings. The third-order valence-electron chi connectivity index (χ3n) is 3.30. The minimum absolute atomic E-state index is 0.554. The van der Waals surface area contributed by atoms with E-state index in [1.54, 1.807) is 0 Å². The van der Waals surface area contributed by atoms with Gasteiger partial charge in [-0.15, -0.1) is 0 Å². The first-order valence-corrected chi connectivity index (χ1v) is 9.05. The van der Waals surface area contributed by atoms with Gasteiger partial charge in [0, 0.05) is 31.0 Å². The first kappa shape index (κ1) is 17.6. The summed E-state index contributed by atoms with van der Waals surface area (Å²) in [4.78, 5) is 0. The first-order valence-electron chi connectivity index (χ1n) is 7.89. The SMILES string of the molecule is CCCNC(CSCC(C)C)Cc1cc(CC)nn1C. The van der Waals surface area contributed by atoms with Gasteiger partial charge in [-0.2, -0.15) is 16.9 Å². The van der Waals surface area contributed by atoms with E-state index in [0.29, 0.717) is 6.04 Å². The Morgan fingerprint density at radius 3 is 2.60 bits per heavy atom. The Balaban J connectivity index is 2.55. The van der Waals surface area contributed by atoms with Crippen LogP contribution in [0.5, 0.6) is 0 Å². The van der Waals surface area contributed by atoms with E-state index in [9.17, 15) is 0 Å². The molecular formula is C16H31N3S. The number of nitrogens with zero attached hydrogens (tertiary/aromatic N) is 2. The molecule has 1 aromatic heterocycles. The highest BCUT2D eigenvalue weighted by Gasteiger charge is 2.13. The molecule has 0 spiro atoms. The number of hydrogen-bond donors (Lipinski definition) is 1. The lowest BCUT2D eigenvalue weighted by Crippen LogP contribution is -2.34. The summed E-state index contributed by atoms with van der Waals surface area (Å²) in [6.45, 7) is 10.1. The van der Waals surface area contributed by atoms with Crippen LogP contribution >= 0.6 is 11.8 Å². The van der Waals surface area contributed by atoms with Crippen LogP contribution < -0.4 is 5.32 Å². The molecule has 1 N–H and O–H groups in total. The van der Waals surface area contributed by atoms with Crippen LogP contribution in [-0.2, 0) is 19.9 Å². The fourth-order valence-electron chi connectivity index (χ4n) is 2.17. The number of hydrogen-bond acceptors (Lipinski definition) is 3. The quantitative estimate of drug-likeness (QED) is 0.719. The van der Waals surface area contributed by atoms with Gasteiger partial charge in [0.15, 0.2) is 0 Å². The van der Waals surface area contributed by atoms with Crippen LogP contribution in [0.25, 0.3) is 0 Å². The van der Waals surface area contributed by atoms with Gasteiger partial charge in [0.05, 0.1) is 5.69 Å².